The van der Waals surface area contributed by atoms with Gasteiger partial charge in [0.1, 0.15) is 16.9 Å². The SMILES string of the molecule is [C-]#[N+]c1c(N)nc(Sc2ccccc2)c(C#N)c1[CH]. The van der Waals surface area contributed by atoms with Gasteiger partial charge in [0.05, 0.1) is 12.1 Å². The molecule has 2 N–H and O–H groups in total. The molecular weight excluding hydrogens is 256 g/mol. The minimum atomic E-state index is 0.0361. The second kappa shape index (κ2) is 5.43. The van der Waals surface area contributed by atoms with Crippen LogP contribution in [0, 0.1) is 24.8 Å². The average molecular weight is 264 g/mol. The van der Waals surface area contributed by atoms with Crippen LogP contribution in [-0.2, 0) is 0 Å². The molecule has 0 bridgehead atoms. The highest BCUT2D eigenvalue weighted by molar-refractivity contribution is 7.99. The van der Waals surface area contributed by atoms with Gasteiger partial charge in [0.25, 0.3) is 0 Å². The van der Waals surface area contributed by atoms with E-state index >= 15 is 0 Å². The minimum Gasteiger partial charge on any atom is -0.392 e. The molecule has 1 heterocycles. The van der Waals surface area contributed by atoms with Gasteiger partial charge in [0.2, 0.25) is 5.69 Å². The predicted octanol–water partition coefficient (Wildman–Crippen LogP) is 3.30. The molecule has 1 aromatic heterocycles. The Bertz CT molecular complexity index is 696. The molecule has 0 saturated carbocycles. The number of benzene rings is 1. The number of nitrogens with two attached hydrogens (primary N) is 1. The summed E-state index contributed by atoms with van der Waals surface area (Å²) >= 11 is 1.29. The van der Waals surface area contributed by atoms with Crippen LogP contribution in [0.25, 0.3) is 4.85 Å². The molecule has 0 aliphatic carbocycles. The van der Waals surface area contributed by atoms with E-state index < -0.39 is 0 Å². The van der Waals surface area contributed by atoms with Gasteiger partial charge in [-0.15, -0.1) is 0 Å². The van der Waals surface area contributed by atoms with Gasteiger partial charge >= 0.3 is 0 Å². The van der Waals surface area contributed by atoms with Crippen LogP contribution in [0.4, 0.5) is 11.5 Å². The fourth-order valence-corrected chi connectivity index (χ4v) is 2.41. The van der Waals surface area contributed by atoms with Crippen molar-refractivity contribution in [2.45, 2.75) is 9.92 Å². The summed E-state index contributed by atoms with van der Waals surface area (Å²) in [5.74, 6) is 0.0462. The summed E-state index contributed by atoms with van der Waals surface area (Å²) in [7, 11) is 0. The third-order valence-electron chi connectivity index (χ3n) is 2.38. The average Bonchev–Trinajstić information content (AvgIpc) is 2.40. The maximum absolute atomic E-state index is 9.16. The number of nitriles is 1. The molecule has 2 rings (SSSR count). The number of pyridine rings is 1. The Labute approximate surface area is 115 Å². The van der Waals surface area contributed by atoms with Crippen molar-refractivity contribution in [1.82, 2.24) is 4.98 Å². The molecule has 1 aromatic carbocycles. The fourth-order valence-electron chi connectivity index (χ4n) is 1.49. The number of aromatic nitrogens is 1. The van der Waals surface area contributed by atoms with Crippen molar-refractivity contribution in [2.75, 3.05) is 5.73 Å². The molecule has 90 valence electrons. The Hall–Kier alpha value is -2.50. The lowest BCUT2D eigenvalue weighted by Crippen LogP contribution is -1.98. The Balaban J connectivity index is 2.54. The summed E-state index contributed by atoms with van der Waals surface area (Å²) in [5.41, 5.74) is 5.99. The van der Waals surface area contributed by atoms with Gasteiger partial charge in [-0.25, -0.2) is 9.83 Å². The van der Waals surface area contributed by atoms with Gasteiger partial charge in [0, 0.05) is 4.90 Å². The van der Waals surface area contributed by atoms with E-state index in [1.165, 1.54) is 11.8 Å². The van der Waals surface area contributed by atoms with Gasteiger partial charge in [-0.1, -0.05) is 30.0 Å². The van der Waals surface area contributed by atoms with E-state index in [0.29, 0.717) is 5.03 Å². The molecule has 2 radical (unpaired) electrons. The number of hydrogen-bond acceptors (Lipinski definition) is 4. The maximum atomic E-state index is 9.16. The molecule has 2 aromatic rings. The molecule has 0 atom stereocenters. The first-order valence-corrected chi connectivity index (χ1v) is 6.08. The van der Waals surface area contributed by atoms with E-state index in [4.69, 9.17) is 24.5 Å². The van der Waals surface area contributed by atoms with Crippen LogP contribution in [0.3, 0.4) is 0 Å². The summed E-state index contributed by atoms with van der Waals surface area (Å²) in [5, 5.41) is 9.57. The Morgan fingerprint density at radius 2 is 2.05 bits per heavy atom. The Morgan fingerprint density at radius 1 is 1.37 bits per heavy atom. The van der Waals surface area contributed by atoms with Gasteiger partial charge in [-0.05, 0) is 24.6 Å². The number of nitrogens with zero attached hydrogens (tertiary/aromatic N) is 3. The van der Waals surface area contributed by atoms with Crippen LogP contribution >= 0.6 is 11.8 Å². The first-order valence-electron chi connectivity index (χ1n) is 5.26. The van der Waals surface area contributed by atoms with Crippen molar-refractivity contribution in [3.63, 3.8) is 0 Å². The third-order valence-corrected chi connectivity index (χ3v) is 3.38. The summed E-state index contributed by atoms with van der Waals surface area (Å²) in [4.78, 5) is 8.22. The molecule has 4 nitrogen and oxygen atoms in total. The van der Waals surface area contributed by atoms with Gasteiger partial charge in [-0.3, -0.25) is 0 Å². The highest BCUT2D eigenvalue weighted by Gasteiger charge is 2.16. The van der Waals surface area contributed by atoms with Gasteiger partial charge < -0.3 is 5.73 Å². The second-order valence-electron chi connectivity index (χ2n) is 3.58. The number of anilines is 1. The molecule has 0 saturated heterocycles. The minimum absolute atomic E-state index is 0.0361. The van der Waals surface area contributed by atoms with Crippen LogP contribution in [-0.4, -0.2) is 4.98 Å². The molecule has 0 unspecified atom stereocenters. The van der Waals surface area contributed by atoms with E-state index in [0.717, 1.165) is 4.90 Å². The summed E-state index contributed by atoms with van der Waals surface area (Å²) in [6, 6.07) is 11.4. The largest absolute Gasteiger partial charge is 0.392 e. The van der Waals surface area contributed by atoms with Crippen LogP contribution < -0.4 is 5.73 Å². The quantitative estimate of drug-likeness (QED) is 0.845. The first kappa shape index (κ1) is 12.9. The summed E-state index contributed by atoms with van der Waals surface area (Å²) in [6.07, 6.45) is 0. The van der Waals surface area contributed by atoms with Crippen molar-refractivity contribution in [3.05, 3.63) is 59.8 Å². The molecule has 5 heteroatoms. The molecule has 0 fully saturated rings. The van der Waals surface area contributed by atoms with Crippen molar-refractivity contribution in [3.8, 4) is 6.07 Å². The molecule has 19 heavy (non-hydrogen) atoms. The molecule has 0 aliphatic rings. The zero-order valence-electron chi connectivity index (χ0n) is 9.79. The topological polar surface area (TPSA) is 67.1 Å². The van der Waals surface area contributed by atoms with Crippen LogP contribution in [0.1, 0.15) is 11.1 Å². The summed E-state index contributed by atoms with van der Waals surface area (Å²) in [6.45, 7) is 12.8. The summed E-state index contributed by atoms with van der Waals surface area (Å²) < 4.78 is 0. The van der Waals surface area contributed by atoms with Crippen LogP contribution in [0.15, 0.2) is 40.3 Å². The number of hydrogen-bond donors (Lipinski definition) is 1. The third kappa shape index (κ3) is 2.52. The van der Waals surface area contributed by atoms with Crippen molar-refractivity contribution in [1.29, 1.82) is 5.26 Å². The standard InChI is InChI=1S/C14H8N4S/c1-9-11(8-15)14(18-13(16)12(9)17-2)19-10-6-4-3-5-7-10/h1,3-7H,(H2,16,18). The molecule has 0 spiro atoms. The molecular formula is C14H8N4S. The lowest BCUT2D eigenvalue weighted by Gasteiger charge is -2.09. The molecule has 0 aliphatic heterocycles. The van der Waals surface area contributed by atoms with E-state index in [1.807, 2.05) is 36.4 Å². The van der Waals surface area contributed by atoms with Gasteiger partial charge in [0.15, 0.2) is 0 Å². The normalized spacial score (nSPS) is 9.63. The van der Waals surface area contributed by atoms with Crippen molar-refractivity contribution < 1.29 is 0 Å². The van der Waals surface area contributed by atoms with E-state index in [1.54, 1.807) is 0 Å². The monoisotopic (exact) mass is 264 g/mol. The van der Waals surface area contributed by atoms with E-state index in [2.05, 4.69) is 9.83 Å². The highest BCUT2D eigenvalue weighted by Crippen LogP contribution is 2.36. The van der Waals surface area contributed by atoms with Gasteiger partial charge in [-0.2, -0.15) is 5.26 Å². The zero-order valence-corrected chi connectivity index (χ0v) is 10.6. The lowest BCUT2D eigenvalue weighted by molar-refractivity contribution is 1.11. The van der Waals surface area contributed by atoms with E-state index in [9.17, 15) is 0 Å². The highest BCUT2D eigenvalue weighted by atomic mass is 32.2. The van der Waals surface area contributed by atoms with Crippen LogP contribution in [0.2, 0.25) is 0 Å². The van der Waals surface area contributed by atoms with E-state index in [-0.39, 0.29) is 22.6 Å². The fraction of sp³-hybridized carbons (Fsp3) is 0. The number of nitrogen functional groups attached to an aromatic ring is 1. The maximum Gasteiger partial charge on any atom is 0.232 e. The Morgan fingerprint density at radius 3 is 2.63 bits per heavy atom. The molecule has 0 amide bonds. The number of rotatable bonds is 2. The first-order chi connectivity index (χ1) is 9.17. The Kier molecular flexibility index (Phi) is 3.70. The zero-order chi connectivity index (χ0) is 13.8. The van der Waals surface area contributed by atoms with Crippen LogP contribution in [0.5, 0.6) is 0 Å². The van der Waals surface area contributed by atoms with Crippen molar-refractivity contribution in [2.24, 2.45) is 0 Å². The van der Waals surface area contributed by atoms with Crippen molar-refractivity contribution >= 4 is 23.3 Å². The smallest absolute Gasteiger partial charge is 0.232 e. The predicted molar refractivity (Wildman–Crippen MR) is 73.6 cm³/mol. The lowest BCUT2D eigenvalue weighted by atomic mass is 10.1. The second-order valence-corrected chi connectivity index (χ2v) is 4.64.